The normalized spacial score (nSPS) is 34.5. The minimum atomic E-state index is -0.434. The number of Topliss-reactive ketones (excluding diaryl/α,β-unsaturated/α-hetero) is 1. The van der Waals surface area contributed by atoms with Crippen LogP contribution in [0.15, 0.2) is 0 Å². The van der Waals surface area contributed by atoms with Gasteiger partial charge in [-0.15, -0.1) is 0 Å². The van der Waals surface area contributed by atoms with Gasteiger partial charge in [-0.05, 0) is 50.9 Å². The first kappa shape index (κ1) is 16.0. The Kier molecular flexibility index (Phi) is 5.65. The highest BCUT2D eigenvalue weighted by Crippen LogP contribution is 2.40. The third-order valence-electron chi connectivity index (χ3n) is 5.75. The molecule has 0 N–H and O–H groups in total. The second-order valence-electron chi connectivity index (χ2n) is 7.17. The lowest BCUT2D eigenvalue weighted by molar-refractivity contribution is -0.152. The third kappa shape index (κ3) is 3.44. The first-order chi connectivity index (χ1) is 9.59. The van der Waals surface area contributed by atoms with E-state index in [-0.39, 0.29) is 5.92 Å². The van der Waals surface area contributed by atoms with Crippen LogP contribution in [0.3, 0.4) is 0 Å². The molecule has 2 aliphatic rings. The van der Waals surface area contributed by atoms with Crippen LogP contribution in [0.2, 0.25) is 0 Å². The van der Waals surface area contributed by atoms with Gasteiger partial charge in [0.1, 0.15) is 5.60 Å². The summed E-state index contributed by atoms with van der Waals surface area (Å²) < 4.78 is 6.08. The van der Waals surface area contributed by atoms with Crippen molar-refractivity contribution >= 4 is 5.78 Å². The molecule has 2 aliphatic carbocycles. The maximum Gasteiger partial charge on any atom is 0.167 e. The molecule has 0 heterocycles. The minimum Gasteiger partial charge on any atom is -0.367 e. The van der Waals surface area contributed by atoms with Gasteiger partial charge in [-0.2, -0.15) is 0 Å². The molecule has 0 amide bonds. The predicted octanol–water partition coefficient (Wildman–Crippen LogP) is 4.76. The van der Waals surface area contributed by atoms with Crippen LogP contribution in [-0.4, -0.2) is 18.0 Å². The van der Waals surface area contributed by atoms with Crippen molar-refractivity contribution in [3.05, 3.63) is 0 Å². The van der Waals surface area contributed by atoms with E-state index in [1.165, 1.54) is 19.3 Å². The third-order valence-corrected chi connectivity index (χ3v) is 5.75. The summed E-state index contributed by atoms with van der Waals surface area (Å²) in [5.41, 5.74) is -0.434. The van der Waals surface area contributed by atoms with Crippen molar-refractivity contribution in [1.82, 2.24) is 0 Å². The van der Waals surface area contributed by atoms with E-state index in [1.54, 1.807) is 0 Å². The molecule has 0 radical (unpaired) electrons. The van der Waals surface area contributed by atoms with Crippen LogP contribution in [0, 0.1) is 17.8 Å². The van der Waals surface area contributed by atoms with Gasteiger partial charge in [0.2, 0.25) is 0 Å². The Labute approximate surface area is 124 Å². The van der Waals surface area contributed by atoms with E-state index < -0.39 is 5.60 Å². The number of hydrogen-bond acceptors (Lipinski definition) is 2. The highest BCUT2D eigenvalue weighted by Gasteiger charge is 2.44. The summed E-state index contributed by atoms with van der Waals surface area (Å²) in [6.45, 7) is 7.34. The van der Waals surface area contributed by atoms with Gasteiger partial charge in [0, 0.05) is 12.5 Å². The highest BCUT2D eigenvalue weighted by atomic mass is 16.5. The molecule has 0 saturated heterocycles. The Morgan fingerprint density at radius 3 is 2.25 bits per heavy atom. The van der Waals surface area contributed by atoms with Crippen LogP contribution in [0.1, 0.15) is 78.6 Å². The van der Waals surface area contributed by atoms with Crippen LogP contribution >= 0.6 is 0 Å². The molecule has 0 spiro atoms. The maximum absolute atomic E-state index is 13.1. The van der Waals surface area contributed by atoms with E-state index in [0.29, 0.717) is 18.3 Å². The van der Waals surface area contributed by atoms with Gasteiger partial charge < -0.3 is 4.74 Å². The van der Waals surface area contributed by atoms with E-state index in [1.807, 2.05) is 6.92 Å². The van der Waals surface area contributed by atoms with Gasteiger partial charge in [0.15, 0.2) is 5.78 Å². The lowest BCUT2D eigenvalue weighted by Crippen LogP contribution is -2.46. The molecular formula is C18H32O2. The zero-order valence-electron chi connectivity index (χ0n) is 13.6. The van der Waals surface area contributed by atoms with Crippen molar-refractivity contribution in [3.8, 4) is 0 Å². The first-order valence-electron chi connectivity index (χ1n) is 8.77. The number of ketones is 1. The Hall–Kier alpha value is -0.370. The van der Waals surface area contributed by atoms with E-state index >= 15 is 0 Å². The standard InChI is InChI=1S/C18H32O2/c1-4-20-18(11-7-5-6-8-12-18)17(19)16-10-9-14(2)15(3)13-16/h14-16H,4-13H2,1-3H3. The average molecular weight is 280 g/mol. The van der Waals surface area contributed by atoms with Crippen molar-refractivity contribution in [1.29, 1.82) is 0 Å². The summed E-state index contributed by atoms with van der Waals surface area (Å²) in [6.07, 6.45) is 10.1. The number of carbonyl (C=O) groups excluding carboxylic acids is 1. The second-order valence-corrected chi connectivity index (χ2v) is 7.17. The van der Waals surface area contributed by atoms with Crippen molar-refractivity contribution in [2.24, 2.45) is 17.8 Å². The molecule has 0 aromatic rings. The summed E-state index contributed by atoms with van der Waals surface area (Å²) >= 11 is 0. The Morgan fingerprint density at radius 2 is 1.70 bits per heavy atom. The van der Waals surface area contributed by atoms with Gasteiger partial charge in [-0.25, -0.2) is 0 Å². The van der Waals surface area contributed by atoms with Gasteiger partial charge in [0.05, 0.1) is 0 Å². The van der Waals surface area contributed by atoms with E-state index in [9.17, 15) is 4.79 Å². The molecule has 0 aliphatic heterocycles. The Balaban J connectivity index is 2.09. The van der Waals surface area contributed by atoms with Crippen molar-refractivity contribution in [2.75, 3.05) is 6.61 Å². The molecule has 2 heteroatoms. The second kappa shape index (κ2) is 7.06. The summed E-state index contributed by atoms with van der Waals surface area (Å²) in [6, 6.07) is 0. The molecule has 0 aromatic carbocycles. The van der Waals surface area contributed by atoms with Crippen LogP contribution < -0.4 is 0 Å². The fourth-order valence-electron chi connectivity index (χ4n) is 4.20. The van der Waals surface area contributed by atoms with Crippen LogP contribution in [-0.2, 0) is 9.53 Å². The minimum absolute atomic E-state index is 0.255. The van der Waals surface area contributed by atoms with Gasteiger partial charge >= 0.3 is 0 Å². The molecule has 2 nitrogen and oxygen atoms in total. The van der Waals surface area contributed by atoms with Gasteiger partial charge in [-0.3, -0.25) is 4.79 Å². The van der Waals surface area contributed by atoms with Crippen molar-refractivity contribution in [2.45, 2.75) is 84.2 Å². The van der Waals surface area contributed by atoms with Crippen LogP contribution in [0.5, 0.6) is 0 Å². The molecule has 0 bridgehead atoms. The highest BCUT2D eigenvalue weighted by molar-refractivity contribution is 5.89. The van der Waals surface area contributed by atoms with Crippen molar-refractivity contribution < 1.29 is 9.53 Å². The molecule has 0 aromatic heterocycles. The molecule has 2 fully saturated rings. The van der Waals surface area contributed by atoms with E-state index in [4.69, 9.17) is 4.74 Å². The smallest absolute Gasteiger partial charge is 0.167 e. The summed E-state index contributed by atoms with van der Waals surface area (Å²) in [4.78, 5) is 13.1. The monoisotopic (exact) mass is 280 g/mol. The zero-order valence-corrected chi connectivity index (χ0v) is 13.6. The summed E-state index contributed by atoms with van der Waals surface area (Å²) in [7, 11) is 0. The fourth-order valence-corrected chi connectivity index (χ4v) is 4.20. The summed E-state index contributed by atoms with van der Waals surface area (Å²) in [5, 5.41) is 0. The van der Waals surface area contributed by atoms with Crippen molar-refractivity contribution in [3.63, 3.8) is 0 Å². The zero-order chi connectivity index (χ0) is 14.6. The molecule has 3 atom stereocenters. The molecule has 2 rings (SSSR count). The van der Waals surface area contributed by atoms with Gasteiger partial charge in [0.25, 0.3) is 0 Å². The fraction of sp³-hybridized carbons (Fsp3) is 0.944. The molecule has 20 heavy (non-hydrogen) atoms. The lowest BCUT2D eigenvalue weighted by Gasteiger charge is -2.38. The SMILES string of the molecule is CCOC1(C(=O)C2CCC(C)C(C)C2)CCCCCC1. The number of ether oxygens (including phenoxy) is 1. The maximum atomic E-state index is 13.1. The van der Waals surface area contributed by atoms with Gasteiger partial charge in [-0.1, -0.05) is 39.5 Å². The van der Waals surface area contributed by atoms with E-state index in [0.717, 1.165) is 44.4 Å². The number of rotatable bonds is 4. The quantitative estimate of drug-likeness (QED) is 0.694. The topological polar surface area (TPSA) is 26.3 Å². The largest absolute Gasteiger partial charge is 0.367 e. The molecular weight excluding hydrogens is 248 g/mol. The average Bonchev–Trinajstić information content (AvgIpc) is 2.68. The van der Waals surface area contributed by atoms with E-state index in [2.05, 4.69) is 13.8 Å². The Morgan fingerprint density at radius 1 is 1.05 bits per heavy atom. The molecule has 3 unspecified atom stereocenters. The molecule has 2 saturated carbocycles. The van der Waals surface area contributed by atoms with Crippen LogP contribution in [0.4, 0.5) is 0 Å². The van der Waals surface area contributed by atoms with Crippen LogP contribution in [0.25, 0.3) is 0 Å². The number of hydrogen-bond donors (Lipinski definition) is 0. The molecule has 116 valence electrons. The predicted molar refractivity (Wildman–Crippen MR) is 82.7 cm³/mol. The Bertz CT molecular complexity index is 315. The summed E-state index contributed by atoms with van der Waals surface area (Å²) in [5.74, 6) is 2.16. The lowest BCUT2D eigenvalue weighted by atomic mass is 9.70. The number of carbonyl (C=O) groups is 1. The first-order valence-corrected chi connectivity index (χ1v) is 8.77.